The van der Waals surface area contributed by atoms with Gasteiger partial charge in [0.15, 0.2) is 0 Å². The summed E-state index contributed by atoms with van der Waals surface area (Å²) in [4.78, 5) is 18.1. The van der Waals surface area contributed by atoms with E-state index in [2.05, 4.69) is 4.98 Å². The highest BCUT2D eigenvalue weighted by atomic mass is 35.5. The SMILES string of the molecule is CC(C)(C)OC(=O)N1CCC(c2cccc(Cl)n2)CC1. The smallest absolute Gasteiger partial charge is 0.410 e. The Kier molecular flexibility index (Phi) is 4.53. The third kappa shape index (κ3) is 4.10. The van der Waals surface area contributed by atoms with Crippen LogP contribution in [0.25, 0.3) is 0 Å². The molecule has 0 bridgehead atoms. The lowest BCUT2D eigenvalue weighted by Gasteiger charge is -2.33. The van der Waals surface area contributed by atoms with Crippen molar-refractivity contribution in [2.45, 2.75) is 45.1 Å². The number of likely N-dealkylation sites (tertiary alicyclic amines) is 1. The number of aromatic nitrogens is 1. The van der Waals surface area contributed by atoms with Crippen LogP contribution < -0.4 is 0 Å². The first-order valence-corrected chi connectivity index (χ1v) is 7.33. The highest BCUT2D eigenvalue weighted by Gasteiger charge is 2.27. The average molecular weight is 297 g/mol. The Bertz CT molecular complexity index is 477. The van der Waals surface area contributed by atoms with Crippen LogP contribution in [0.2, 0.25) is 5.15 Å². The largest absolute Gasteiger partial charge is 0.444 e. The van der Waals surface area contributed by atoms with Crippen molar-refractivity contribution in [2.75, 3.05) is 13.1 Å². The van der Waals surface area contributed by atoms with Gasteiger partial charge in [0, 0.05) is 24.7 Å². The summed E-state index contributed by atoms with van der Waals surface area (Å²) in [5.41, 5.74) is 0.573. The van der Waals surface area contributed by atoms with Crippen LogP contribution in [0.15, 0.2) is 18.2 Å². The molecule has 0 unspecified atom stereocenters. The maximum absolute atomic E-state index is 12.0. The zero-order valence-electron chi connectivity index (χ0n) is 12.2. The summed E-state index contributed by atoms with van der Waals surface area (Å²) in [7, 11) is 0. The zero-order chi connectivity index (χ0) is 14.8. The Balaban J connectivity index is 1.91. The molecule has 1 fully saturated rings. The summed E-state index contributed by atoms with van der Waals surface area (Å²) in [5.74, 6) is 0.368. The molecule has 1 aromatic heterocycles. The Morgan fingerprint density at radius 2 is 2.00 bits per heavy atom. The molecule has 5 heteroatoms. The topological polar surface area (TPSA) is 42.4 Å². The number of hydrogen-bond acceptors (Lipinski definition) is 3. The summed E-state index contributed by atoms with van der Waals surface area (Å²) in [6, 6.07) is 5.70. The molecule has 0 saturated carbocycles. The summed E-state index contributed by atoms with van der Waals surface area (Å²) in [6.07, 6.45) is 1.56. The van der Waals surface area contributed by atoms with Crippen LogP contribution in [0.3, 0.4) is 0 Å². The van der Waals surface area contributed by atoms with E-state index in [-0.39, 0.29) is 6.09 Å². The van der Waals surface area contributed by atoms with Crippen molar-refractivity contribution in [3.8, 4) is 0 Å². The fraction of sp³-hybridized carbons (Fsp3) is 0.600. The van der Waals surface area contributed by atoms with Crippen LogP contribution in [0, 0.1) is 0 Å². The molecule has 0 radical (unpaired) electrons. The van der Waals surface area contributed by atoms with E-state index in [1.54, 1.807) is 11.0 Å². The van der Waals surface area contributed by atoms with Crippen LogP contribution in [0.1, 0.15) is 45.2 Å². The number of nitrogens with zero attached hydrogens (tertiary/aromatic N) is 2. The minimum absolute atomic E-state index is 0.227. The van der Waals surface area contributed by atoms with Crippen molar-refractivity contribution in [1.29, 1.82) is 0 Å². The second kappa shape index (κ2) is 6.00. The Labute approximate surface area is 125 Å². The number of carbonyl (C=O) groups is 1. The van der Waals surface area contributed by atoms with E-state index < -0.39 is 5.60 Å². The summed E-state index contributed by atoms with van der Waals surface area (Å²) >= 11 is 5.92. The molecule has 2 rings (SSSR count). The van der Waals surface area contributed by atoms with Crippen LogP contribution >= 0.6 is 11.6 Å². The molecule has 2 heterocycles. The number of amides is 1. The van der Waals surface area contributed by atoms with Crippen molar-refractivity contribution in [1.82, 2.24) is 9.88 Å². The summed E-state index contributed by atoms with van der Waals surface area (Å²) in [6.45, 7) is 7.05. The van der Waals surface area contributed by atoms with Gasteiger partial charge in [-0.25, -0.2) is 9.78 Å². The van der Waals surface area contributed by atoms with Gasteiger partial charge >= 0.3 is 6.09 Å². The standard InChI is InChI=1S/C15H21ClN2O2/c1-15(2,3)20-14(19)18-9-7-11(8-10-18)12-5-4-6-13(16)17-12/h4-6,11H,7-10H2,1-3H3. The lowest BCUT2D eigenvalue weighted by Crippen LogP contribution is -2.41. The molecule has 0 aliphatic carbocycles. The van der Waals surface area contributed by atoms with Crippen LogP contribution in [-0.2, 0) is 4.74 Å². The number of ether oxygens (including phenoxy) is 1. The Morgan fingerprint density at radius 3 is 2.55 bits per heavy atom. The fourth-order valence-electron chi connectivity index (χ4n) is 2.34. The normalized spacial score (nSPS) is 17.1. The van der Waals surface area contributed by atoms with Gasteiger partial charge in [0.2, 0.25) is 0 Å². The quantitative estimate of drug-likeness (QED) is 0.739. The first kappa shape index (κ1) is 15.1. The van der Waals surface area contributed by atoms with E-state index >= 15 is 0 Å². The molecule has 1 aromatic rings. The fourth-order valence-corrected chi connectivity index (χ4v) is 2.51. The second-order valence-electron chi connectivity index (χ2n) is 6.13. The summed E-state index contributed by atoms with van der Waals surface area (Å²) < 4.78 is 5.39. The maximum Gasteiger partial charge on any atom is 0.410 e. The van der Waals surface area contributed by atoms with Crippen molar-refractivity contribution in [3.05, 3.63) is 29.0 Å². The van der Waals surface area contributed by atoms with Crippen molar-refractivity contribution in [2.24, 2.45) is 0 Å². The molecule has 1 amide bonds. The number of pyridine rings is 1. The van der Waals surface area contributed by atoms with Crippen molar-refractivity contribution >= 4 is 17.7 Å². The first-order valence-electron chi connectivity index (χ1n) is 6.95. The van der Waals surface area contributed by atoms with Crippen LogP contribution in [0.4, 0.5) is 4.79 Å². The highest BCUT2D eigenvalue weighted by molar-refractivity contribution is 6.29. The third-order valence-electron chi connectivity index (χ3n) is 3.30. The lowest BCUT2D eigenvalue weighted by atomic mass is 9.93. The summed E-state index contributed by atoms with van der Waals surface area (Å²) in [5, 5.41) is 0.525. The molecule has 110 valence electrons. The molecule has 20 heavy (non-hydrogen) atoms. The van der Waals surface area contributed by atoms with Crippen molar-refractivity contribution in [3.63, 3.8) is 0 Å². The van der Waals surface area contributed by atoms with Gasteiger partial charge in [-0.05, 0) is 45.7 Å². The van der Waals surface area contributed by atoms with Gasteiger partial charge in [-0.2, -0.15) is 0 Å². The van der Waals surface area contributed by atoms with Crippen LogP contribution in [-0.4, -0.2) is 34.7 Å². The second-order valence-corrected chi connectivity index (χ2v) is 6.51. The lowest BCUT2D eigenvalue weighted by molar-refractivity contribution is 0.0204. The minimum Gasteiger partial charge on any atom is -0.444 e. The molecule has 0 spiro atoms. The maximum atomic E-state index is 12.0. The van der Waals surface area contributed by atoms with Gasteiger partial charge in [0.25, 0.3) is 0 Å². The highest BCUT2D eigenvalue weighted by Crippen LogP contribution is 2.28. The predicted octanol–water partition coefficient (Wildman–Crippen LogP) is 3.85. The number of hydrogen-bond donors (Lipinski definition) is 0. The van der Waals surface area contributed by atoms with Crippen LogP contribution in [0.5, 0.6) is 0 Å². The van der Waals surface area contributed by atoms with Crippen molar-refractivity contribution < 1.29 is 9.53 Å². The first-order chi connectivity index (χ1) is 9.35. The predicted molar refractivity (Wildman–Crippen MR) is 79.0 cm³/mol. The van der Waals surface area contributed by atoms with Gasteiger partial charge in [0.05, 0.1) is 0 Å². The third-order valence-corrected chi connectivity index (χ3v) is 3.51. The minimum atomic E-state index is -0.442. The van der Waals surface area contributed by atoms with E-state index in [1.807, 2.05) is 32.9 Å². The monoisotopic (exact) mass is 296 g/mol. The molecule has 0 N–H and O–H groups in total. The number of rotatable bonds is 1. The van der Waals surface area contributed by atoms with Gasteiger partial charge in [-0.15, -0.1) is 0 Å². The van der Waals surface area contributed by atoms with E-state index in [4.69, 9.17) is 16.3 Å². The van der Waals surface area contributed by atoms with Gasteiger partial charge in [0.1, 0.15) is 10.8 Å². The molecule has 1 aliphatic rings. The number of carbonyl (C=O) groups excluding carboxylic acids is 1. The van der Waals surface area contributed by atoms with Gasteiger partial charge in [-0.3, -0.25) is 0 Å². The molecular weight excluding hydrogens is 276 g/mol. The molecule has 0 atom stereocenters. The average Bonchev–Trinajstić information content (AvgIpc) is 2.37. The molecule has 1 aliphatic heterocycles. The van der Waals surface area contributed by atoms with Gasteiger partial charge < -0.3 is 9.64 Å². The molecular formula is C15H21ClN2O2. The molecule has 1 saturated heterocycles. The molecule has 0 aromatic carbocycles. The van der Waals surface area contributed by atoms with E-state index in [0.29, 0.717) is 24.2 Å². The van der Waals surface area contributed by atoms with E-state index in [1.165, 1.54) is 0 Å². The molecule has 4 nitrogen and oxygen atoms in total. The Morgan fingerprint density at radius 1 is 1.35 bits per heavy atom. The van der Waals surface area contributed by atoms with Gasteiger partial charge in [-0.1, -0.05) is 17.7 Å². The van der Waals surface area contributed by atoms with E-state index in [9.17, 15) is 4.79 Å². The Hall–Kier alpha value is -1.29. The number of halogens is 1. The zero-order valence-corrected chi connectivity index (χ0v) is 13.0. The van der Waals surface area contributed by atoms with E-state index in [0.717, 1.165) is 18.5 Å². The number of piperidine rings is 1.